The van der Waals surface area contributed by atoms with Gasteiger partial charge in [-0.25, -0.2) is 13.5 Å². The molecule has 0 bridgehead atoms. The van der Waals surface area contributed by atoms with E-state index in [1.807, 2.05) is 12.1 Å². The Labute approximate surface area is 176 Å². The summed E-state index contributed by atoms with van der Waals surface area (Å²) in [6.07, 6.45) is 3.33. The van der Waals surface area contributed by atoms with Crippen LogP contribution in [0.3, 0.4) is 0 Å². The van der Waals surface area contributed by atoms with Crippen LogP contribution in [-0.4, -0.2) is 76.9 Å². The first kappa shape index (κ1) is 19.8. The summed E-state index contributed by atoms with van der Waals surface area (Å²) in [5.74, 6) is -0.129. The second kappa shape index (κ2) is 7.82. The number of rotatable bonds is 5. The molecule has 1 saturated heterocycles. The Balaban J connectivity index is 1.61. The number of hydrogen-bond acceptors (Lipinski definition) is 6. The van der Waals surface area contributed by atoms with Gasteiger partial charge < -0.3 is 5.11 Å². The number of aromatic nitrogens is 7. The summed E-state index contributed by atoms with van der Waals surface area (Å²) in [5, 5.41) is 26.9. The number of pyridine rings is 1. The molecule has 1 aliphatic rings. The minimum Gasteiger partial charge on any atom is -0.392 e. The van der Waals surface area contributed by atoms with E-state index < -0.39 is 18.4 Å². The third-order valence-corrected chi connectivity index (χ3v) is 5.97. The number of likely N-dealkylation sites (tertiary alicyclic amines) is 1. The van der Waals surface area contributed by atoms with Gasteiger partial charge in [0.1, 0.15) is 11.3 Å². The molecule has 5 rings (SSSR count). The summed E-state index contributed by atoms with van der Waals surface area (Å²) in [5.41, 5.74) is 2.99. The van der Waals surface area contributed by atoms with E-state index in [4.69, 9.17) is 0 Å². The van der Waals surface area contributed by atoms with Crippen molar-refractivity contribution in [2.45, 2.75) is 24.4 Å². The standard InChI is InChI=1S/C20H22F2N8O/c1-28-16(3-7-25-28)14-10-29(11-17(21)22)9-13(20(14)31)12-2-5-23-15-8-26-30(19(12)15)18-4-6-24-27-18/h2-8,13-14,17,20,31H,9-11H2,1H3,(H,24,27). The fourth-order valence-electron chi connectivity index (χ4n) is 4.60. The van der Waals surface area contributed by atoms with E-state index in [-0.39, 0.29) is 12.5 Å². The van der Waals surface area contributed by atoms with Crippen molar-refractivity contribution in [3.05, 3.63) is 54.2 Å². The van der Waals surface area contributed by atoms with E-state index in [0.717, 1.165) is 16.8 Å². The van der Waals surface area contributed by atoms with Crippen LogP contribution in [0.15, 0.2) is 43.0 Å². The van der Waals surface area contributed by atoms with Crippen LogP contribution in [0.4, 0.5) is 8.78 Å². The lowest BCUT2D eigenvalue weighted by Gasteiger charge is -2.41. The first-order valence-corrected chi connectivity index (χ1v) is 10.0. The zero-order chi connectivity index (χ0) is 21.5. The average Bonchev–Trinajstić information content (AvgIpc) is 3.48. The highest BCUT2D eigenvalue weighted by Gasteiger charge is 2.40. The Bertz CT molecular complexity index is 1170. The first-order chi connectivity index (χ1) is 15.0. The lowest BCUT2D eigenvalue weighted by Crippen LogP contribution is -2.48. The van der Waals surface area contributed by atoms with Crippen molar-refractivity contribution in [3.63, 3.8) is 0 Å². The Hall–Kier alpha value is -3.18. The molecule has 11 heteroatoms. The summed E-state index contributed by atoms with van der Waals surface area (Å²) in [6, 6.07) is 5.44. The molecule has 0 spiro atoms. The first-order valence-electron chi connectivity index (χ1n) is 10.0. The van der Waals surface area contributed by atoms with E-state index in [1.54, 1.807) is 52.2 Å². The third kappa shape index (κ3) is 3.49. The summed E-state index contributed by atoms with van der Waals surface area (Å²) in [4.78, 5) is 6.11. The van der Waals surface area contributed by atoms with Crippen LogP contribution >= 0.6 is 0 Å². The number of aliphatic hydroxyl groups is 1. The van der Waals surface area contributed by atoms with Crippen molar-refractivity contribution >= 4 is 11.0 Å². The predicted molar refractivity (Wildman–Crippen MR) is 108 cm³/mol. The molecular formula is C20H22F2N8O. The highest BCUT2D eigenvalue weighted by molar-refractivity contribution is 5.80. The average molecular weight is 428 g/mol. The van der Waals surface area contributed by atoms with Crippen LogP contribution in [0.5, 0.6) is 0 Å². The number of aliphatic hydroxyl groups excluding tert-OH is 1. The van der Waals surface area contributed by atoms with Gasteiger partial charge in [-0.3, -0.25) is 19.7 Å². The molecule has 3 atom stereocenters. The number of fused-ring (bicyclic) bond motifs is 1. The predicted octanol–water partition coefficient (Wildman–Crippen LogP) is 1.69. The second-order valence-corrected chi connectivity index (χ2v) is 7.83. The molecular weight excluding hydrogens is 406 g/mol. The smallest absolute Gasteiger partial charge is 0.251 e. The number of halogens is 2. The SMILES string of the molecule is Cn1nccc1C1CN(CC(F)F)CC(c2ccnc3cnn(-c4ccn[nH]4)c23)C1O. The van der Waals surface area contributed by atoms with E-state index in [9.17, 15) is 13.9 Å². The number of aromatic amines is 1. The summed E-state index contributed by atoms with van der Waals surface area (Å²) >= 11 is 0. The van der Waals surface area contributed by atoms with E-state index in [0.29, 0.717) is 24.4 Å². The maximum absolute atomic E-state index is 13.3. The molecule has 162 valence electrons. The van der Waals surface area contributed by atoms with E-state index in [2.05, 4.69) is 25.4 Å². The lowest BCUT2D eigenvalue weighted by atomic mass is 9.80. The van der Waals surface area contributed by atoms with Crippen LogP contribution in [0.25, 0.3) is 16.9 Å². The van der Waals surface area contributed by atoms with Gasteiger partial charge in [0.05, 0.1) is 30.6 Å². The molecule has 0 aliphatic carbocycles. The molecule has 1 aliphatic heterocycles. The summed E-state index contributed by atoms with van der Waals surface area (Å²) in [7, 11) is 1.79. The molecule has 0 aromatic carbocycles. The molecule has 31 heavy (non-hydrogen) atoms. The molecule has 4 aromatic heterocycles. The summed E-state index contributed by atoms with van der Waals surface area (Å²) in [6.45, 7) is 0.272. The Morgan fingerprint density at radius 2 is 1.97 bits per heavy atom. The number of H-pyrrole nitrogens is 1. The number of piperidine rings is 1. The minimum atomic E-state index is -2.46. The molecule has 0 saturated carbocycles. The van der Waals surface area contributed by atoms with Crippen molar-refractivity contribution in [2.75, 3.05) is 19.6 Å². The highest BCUT2D eigenvalue weighted by atomic mass is 19.3. The molecule has 3 unspecified atom stereocenters. The Morgan fingerprint density at radius 1 is 1.13 bits per heavy atom. The summed E-state index contributed by atoms with van der Waals surface area (Å²) < 4.78 is 30.0. The van der Waals surface area contributed by atoms with Gasteiger partial charge in [-0.05, 0) is 17.7 Å². The molecule has 0 amide bonds. The fraction of sp³-hybridized carbons (Fsp3) is 0.400. The molecule has 0 radical (unpaired) electrons. The molecule has 9 nitrogen and oxygen atoms in total. The fourth-order valence-corrected chi connectivity index (χ4v) is 4.60. The van der Waals surface area contributed by atoms with Crippen molar-refractivity contribution in [2.24, 2.45) is 7.05 Å². The number of alkyl halides is 2. The van der Waals surface area contributed by atoms with Crippen molar-refractivity contribution < 1.29 is 13.9 Å². The maximum Gasteiger partial charge on any atom is 0.251 e. The number of hydrogen-bond donors (Lipinski definition) is 2. The van der Waals surface area contributed by atoms with Gasteiger partial charge in [0.25, 0.3) is 6.43 Å². The van der Waals surface area contributed by atoms with Crippen LogP contribution in [0, 0.1) is 0 Å². The maximum atomic E-state index is 13.3. The number of aryl methyl sites for hydroxylation is 1. The van der Waals surface area contributed by atoms with E-state index >= 15 is 0 Å². The Morgan fingerprint density at radius 3 is 2.68 bits per heavy atom. The van der Waals surface area contributed by atoms with Gasteiger partial charge in [-0.2, -0.15) is 15.3 Å². The monoisotopic (exact) mass is 428 g/mol. The molecule has 2 N–H and O–H groups in total. The molecule has 1 fully saturated rings. The van der Waals surface area contributed by atoms with Gasteiger partial charge in [0, 0.05) is 56.1 Å². The second-order valence-electron chi connectivity index (χ2n) is 7.83. The topological polar surface area (TPSA) is 101 Å². The van der Waals surface area contributed by atoms with Crippen molar-refractivity contribution in [1.82, 2.24) is 39.6 Å². The zero-order valence-electron chi connectivity index (χ0n) is 16.8. The largest absolute Gasteiger partial charge is 0.392 e. The quantitative estimate of drug-likeness (QED) is 0.502. The Kier molecular flexibility index (Phi) is 4.98. The highest BCUT2D eigenvalue weighted by Crippen LogP contribution is 2.38. The van der Waals surface area contributed by atoms with Crippen molar-refractivity contribution in [1.29, 1.82) is 0 Å². The van der Waals surface area contributed by atoms with Gasteiger partial charge in [-0.1, -0.05) is 0 Å². The van der Waals surface area contributed by atoms with Crippen LogP contribution < -0.4 is 0 Å². The number of nitrogens with zero attached hydrogens (tertiary/aromatic N) is 7. The zero-order valence-corrected chi connectivity index (χ0v) is 16.8. The van der Waals surface area contributed by atoms with Gasteiger partial charge in [0.15, 0.2) is 0 Å². The van der Waals surface area contributed by atoms with E-state index in [1.165, 1.54) is 0 Å². The van der Waals surface area contributed by atoms with Gasteiger partial charge in [0.2, 0.25) is 0 Å². The van der Waals surface area contributed by atoms with Crippen LogP contribution in [0.2, 0.25) is 0 Å². The van der Waals surface area contributed by atoms with Crippen LogP contribution in [-0.2, 0) is 7.05 Å². The normalized spacial score (nSPS) is 22.5. The molecule has 5 heterocycles. The number of nitrogens with one attached hydrogen (secondary N) is 1. The van der Waals surface area contributed by atoms with Gasteiger partial charge >= 0.3 is 0 Å². The van der Waals surface area contributed by atoms with Gasteiger partial charge in [-0.15, -0.1) is 0 Å². The molecule has 4 aromatic rings. The van der Waals surface area contributed by atoms with Crippen LogP contribution in [0.1, 0.15) is 23.1 Å². The lowest BCUT2D eigenvalue weighted by molar-refractivity contribution is 0.00882. The van der Waals surface area contributed by atoms with Crippen molar-refractivity contribution in [3.8, 4) is 5.82 Å². The third-order valence-electron chi connectivity index (χ3n) is 5.97. The minimum absolute atomic E-state index is 0.299.